The molecule has 1 amide bonds. The molecule has 1 aromatic carbocycles. The van der Waals surface area contributed by atoms with Gasteiger partial charge in [0.25, 0.3) is 11.5 Å². The zero-order valence-electron chi connectivity index (χ0n) is 23.9. The second-order valence-electron chi connectivity index (χ2n) is 10.8. The van der Waals surface area contributed by atoms with Crippen LogP contribution in [0.1, 0.15) is 45.5 Å². The first kappa shape index (κ1) is 31.0. The first-order chi connectivity index (χ1) is 19.7. The zero-order valence-corrected chi connectivity index (χ0v) is 24.6. The summed E-state index contributed by atoms with van der Waals surface area (Å²) in [4.78, 5) is 46.5. The van der Waals surface area contributed by atoms with E-state index in [-0.39, 0.29) is 34.5 Å². The van der Waals surface area contributed by atoms with Crippen molar-refractivity contribution in [1.29, 1.82) is 0 Å². The summed E-state index contributed by atoms with van der Waals surface area (Å²) in [6.07, 6.45) is 2.91. The number of ether oxygens (including phenoxy) is 2. The SMILES string of the molecule is CO[C@H]1CN(CCN(C)Cc2ccc(C(=O)OCCN3CCCC3)cc2)CC[C@H]1NC(=O)c1cc(Cl)c(N)[nH]c1=O. The fraction of sp³-hybridized carbons (Fsp3) is 0.552. The van der Waals surface area contributed by atoms with Gasteiger partial charge in [0.1, 0.15) is 18.0 Å². The van der Waals surface area contributed by atoms with Gasteiger partial charge in [-0.2, -0.15) is 0 Å². The average Bonchev–Trinajstić information content (AvgIpc) is 3.48. The number of halogens is 1. The molecule has 4 N–H and O–H groups in total. The largest absolute Gasteiger partial charge is 0.461 e. The van der Waals surface area contributed by atoms with Crippen molar-refractivity contribution in [2.75, 3.05) is 72.3 Å². The maximum absolute atomic E-state index is 12.7. The molecule has 0 saturated carbocycles. The number of nitrogens with two attached hydrogens (primary N) is 1. The van der Waals surface area contributed by atoms with Crippen LogP contribution < -0.4 is 16.6 Å². The van der Waals surface area contributed by atoms with Gasteiger partial charge in [0.15, 0.2) is 0 Å². The van der Waals surface area contributed by atoms with Gasteiger partial charge in [-0.15, -0.1) is 0 Å². The number of benzene rings is 1. The van der Waals surface area contributed by atoms with Gasteiger partial charge in [0.2, 0.25) is 0 Å². The summed E-state index contributed by atoms with van der Waals surface area (Å²) in [6, 6.07) is 8.66. The lowest BCUT2D eigenvalue weighted by atomic mass is 10.0. The number of nitrogens with zero attached hydrogens (tertiary/aromatic N) is 3. The highest BCUT2D eigenvalue weighted by Crippen LogP contribution is 2.17. The molecule has 2 aliphatic rings. The van der Waals surface area contributed by atoms with Gasteiger partial charge in [-0.3, -0.25) is 19.4 Å². The fourth-order valence-corrected chi connectivity index (χ4v) is 5.48. The van der Waals surface area contributed by atoms with E-state index in [0.29, 0.717) is 25.1 Å². The highest BCUT2D eigenvalue weighted by Gasteiger charge is 2.31. The van der Waals surface area contributed by atoms with Crippen molar-refractivity contribution in [2.45, 2.75) is 38.0 Å². The number of likely N-dealkylation sites (tertiary alicyclic amines) is 2. The number of amides is 1. The van der Waals surface area contributed by atoms with E-state index in [0.717, 1.165) is 51.4 Å². The third-order valence-corrected chi connectivity index (χ3v) is 8.12. The van der Waals surface area contributed by atoms with Crippen molar-refractivity contribution >= 4 is 29.3 Å². The van der Waals surface area contributed by atoms with Crippen molar-refractivity contribution in [3.05, 3.63) is 62.4 Å². The quantitative estimate of drug-likeness (QED) is 0.317. The second kappa shape index (κ2) is 14.8. The van der Waals surface area contributed by atoms with Crippen LogP contribution in [0, 0.1) is 0 Å². The summed E-state index contributed by atoms with van der Waals surface area (Å²) in [5, 5.41) is 3.05. The number of hydrogen-bond donors (Lipinski definition) is 3. The van der Waals surface area contributed by atoms with Crippen LogP contribution in [0.2, 0.25) is 5.02 Å². The summed E-state index contributed by atoms with van der Waals surface area (Å²) >= 11 is 5.98. The number of rotatable bonds is 12. The predicted molar refractivity (Wildman–Crippen MR) is 158 cm³/mol. The molecular formula is C29H41ClN6O5. The number of anilines is 1. The lowest BCUT2D eigenvalue weighted by Crippen LogP contribution is -2.55. The van der Waals surface area contributed by atoms with E-state index in [9.17, 15) is 14.4 Å². The number of H-pyrrole nitrogens is 1. The highest BCUT2D eigenvalue weighted by atomic mass is 35.5. The predicted octanol–water partition coefficient (Wildman–Crippen LogP) is 1.81. The minimum absolute atomic E-state index is 0.0292. The normalized spacial score (nSPS) is 19.9. The Bertz CT molecular complexity index is 1230. The lowest BCUT2D eigenvalue weighted by Gasteiger charge is -2.38. The van der Waals surface area contributed by atoms with Gasteiger partial charge in [-0.05, 0) is 63.2 Å². The summed E-state index contributed by atoms with van der Waals surface area (Å²) in [5.74, 6) is -0.753. The number of aromatic amines is 1. The van der Waals surface area contributed by atoms with Crippen molar-refractivity contribution in [3.63, 3.8) is 0 Å². The van der Waals surface area contributed by atoms with Crippen molar-refractivity contribution in [2.24, 2.45) is 0 Å². The Kier molecular flexibility index (Phi) is 11.2. The Morgan fingerprint density at radius 1 is 1.15 bits per heavy atom. The minimum Gasteiger partial charge on any atom is -0.461 e. The van der Waals surface area contributed by atoms with Crippen LogP contribution in [0.25, 0.3) is 0 Å². The first-order valence-corrected chi connectivity index (χ1v) is 14.5. The Morgan fingerprint density at radius 2 is 1.88 bits per heavy atom. The van der Waals surface area contributed by atoms with Crippen LogP contribution in [-0.4, -0.2) is 110 Å². The van der Waals surface area contributed by atoms with Gasteiger partial charge in [0.05, 0.1) is 22.7 Å². The molecule has 4 rings (SSSR count). The van der Waals surface area contributed by atoms with E-state index in [4.69, 9.17) is 26.8 Å². The van der Waals surface area contributed by atoms with E-state index in [1.54, 1.807) is 7.11 Å². The molecule has 0 unspecified atom stereocenters. The van der Waals surface area contributed by atoms with Crippen LogP contribution in [0.15, 0.2) is 35.1 Å². The molecule has 1 aromatic heterocycles. The summed E-state index contributed by atoms with van der Waals surface area (Å²) in [7, 11) is 3.69. The number of nitrogens with one attached hydrogen (secondary N) is 2. The number of carbonyl (C=O) groups excluding carboxylic acids is 2. The molecule has 41 heavy (non-hydrogen) atoms. The van der Waals surface area contributed by atoms with Crippen molar-refractivity contribution < 1.29 is 19.1 Å². The molecule has 224 valence electrons. The summed E-state index contributed by atoms with van der Waals surface area (Å²) in [5.41, 5.74) is 6.64. The molecule has 0 aliphatic carbocycles. The second-order valence-corrected chi connectivity index (χ2v) is 11.2. The van der Waals surface area contributed by atoms with E-state index >= 15 is 0 Å². The molecule has 0 spiro atoms. The van der Waals surface area contributed by atoms with Gasteiger partial charge in [0, 0.05) is 46.4 Å². The molecule has 0 bridgehead atoms. The zero-order chi connectivity index (χ0) is 29.4. The number of hydrogen-bond acceptors (Lipinski definition) is 9. The topological polar surface area (TPSA) is 133 Å². The van der Waals surface area contributed by atoms with Gasteiger partial charge in [-0.1, -0.05) is 23.7 Å². The van der Waals surface area contributed by atoms with E-state index < -0.39 is 11.5 Å². The van der Waals surface area contributed by atoms with Gasteiger partial charge >= 0.3 is 5.97 Å². The van der Waals surface area contributed by atoms with E-state index in [2.05, 4.69) is 32.0 Å². The highest BCUT2D eigenvalue weighted by molar-refractivity contribution is 6.33. The molecule has 2 atom stereocenters. The molecule has 2 aromatic rings. The Labute approximate surface area is 245 Å². The smallest absolute Gasteiger partial charge is 0.338 e. The maximum Gasteiger partial charge on any atom is 0.338 e. The van der Waals surface area contributed by atoms with Crippen LogP contribution >= 0.6 is 11.6 Å². The van der Waals surface area contributed by atoms with E-state index in [1.165, 1.54) is 18.9 Å². The maximum atomic E-state index is 12.7. The Hall–Kier alpha value is -2.96. The number of nitrogen functional groups attached to an aromatic ring is 1. The minimum atomic E-state index is -0.582. The molecule has 11 nitrogen and oxygen atoms in total. The third-order valence-electron chi connectivity index (χ3n) is 7.81. The van der Waals surface area contributed by atoms with Crippen LogP contribution in [0.5, 0.6) is 0 Å². The van der Waals surface area contributed by atoms with Crippen LogP contribution in [0.4, 0.5) is 5.82 Å². The molecule has 0 radical (unpaired) electrons. The van der Waals surface area contributed by atoms with Gasteiger partial charge < -0.3 is 30.4 Å². The number of carbonyl (C=O) groups is 2. The average molecular weight is 589 g/mol. The van der Waals surface area contributed by atoms with Gasteiger partial charge in [-0.25, -0.2) is 4.79 Å². The Balaban J connectivity index is 1.19. The lowest BCUT2D eigenvalue weighted by molar-refractivity contribution is 0.00441. The number of pyridine rings is 1. The molecule has 2 saturated heterocycles. The van der Waals surface area contributed by atoms with Crippen LogP contribution in [-0.2, 0) is 16.0 Å². The number of likely N-dealkylation sites (N-methyl/N-ethyl adjacent to an activating group) is 1. The fourth-order valence-electron chi connectivity index (χ4n) is 5.33. The van der Waals surface area contributed by atoms with Crippen molar-refractivity contribution in [3.8, 4) is 0 Å². The molecule has 3 heterocycles. The molecular weight excluding hydrogens is 548 g/mol. The number of aromatic nitrogens is 1. The summed E-state index contributed by atoms with van der Waals surface area (Å²) < 4.78 is 11.1. The van der Waals surface area contributed by atoms with Crippen molar-refractivity contribution in [1.82, 2.24) is 25.0 Å². The monoisotopic (exact) mass is 588 g/mol. The van der Waals surface area contributed by atoms with E-state index in [1.807, 2.05) is 24.3 Å². The number of esters is 1. The summed E-state index contributed by atoms with van der Waals surface area (Å²) in [6.45, 7) is 7.28. The molecule has 2 aliphatic heterocycles. The number of methoxy groups -OCH3 is 1. The Morgan fingerprint density at radius 3 is 2.59 bits per heavy atom. The molecule has 2 fully saturated rings. The third kappa shape index (κ3) is 8.76. The standard InChI is InChI=1S/C29H41ClN6O5/c1-34(18-20-5-7-21(8-6-20)29(39)41-16-15-35-10-3-4-11-35)13-14-36-12-9-24(25(19-36)40-2)32-27(37)22-17-23(30)26(31)33-28(22)38/h5-8,17,24-25H,3-4,9-16,18-19H2,1-2H3,(H,32,37)(H3,31,33,38)/t24-,25+/m1/s1. The molecule has 12 heteroatoms. The number of piperidine rings is 1. The van der Waals surface area contributed by atoms with Crippen LogP contribution in [0.3, 0.4) is 0 Å². The first-order valence-electron chi connectivity index (χ1n) is 14.1.